The molecule has 0 saturated carbocycles. The van der Waals surface area contributed by atoms with Crippen LogP contribution < -0.4 is 0 Å². The lowest BCUT2D eigenvalue weighted by atomic mass is 9.82. The summed E-state index contributed by atoms with van der Waals surface area (Å²) in [5.74, 6) is 1.94. The third-order valence-electron chi connectivity index (χ3n) is 11.4. The fraction of sp³-hybridized carbons (Fsp3) is 0.0600. The van der Waals surface area contributed by atoms with E-state index in [4.69, 9.17) is 15.0 Å². The largest absolute Gasteiger partial charge is 0.309 e. The average molecular weight is 691 g/mol. The number of para-hydroxylation sites is 1. The molecule has 4 heteroatoms. The van der Waals surface area contributed by atoms with Crippen molar-refractivity contribution < 1.29 is 0 Å². The van der Waals surface area contributed by atoms with Gasteiger partial charge in [0.1, 0.15) is 0 Å². The molecule has 10 aromatic rings. The second-order valence-corrected chi connectivity index (χ2v) is 14.8. The predicted molar refractivity (Wildman–Crippen MR) is 223 cm³/mol. The Bertz CT molecular complexity index is 3060. The van der Waals surface area contributed by atoms with Crippen LogP contribution in [0.3, 0.4) is 0 Å². The number of hydrogen-bond acceptors (Lipinski definition) is 3. The summed E-state index contributed by atoms with van der Waals surface area (Å²) < 4.78 is 2.46. The van der Waals surface area contributed by atoms with Crippen LogP contribution in [-0.2, 0) is 5.41 Å². The molecule has 254 valence electrons. The van der Waals surface area contributed by atoms with Crippen LogP contribution in [0, 0.1) is 0 Å². The summed E-state index contributed by atoms with van der Waals surface area (Å²) in [5, 5.41) is 7.28. The number of nitrogens with zero attached hydrogens (tertiary/aromatic N) is 4. The average Bonchev–Trinajstić information content (AvgIpc) is 3.67. The van der Waals surface area contributed by atoms with Crippen molar-refractivity contribution in [2.45, 2.75) is 19.3 Å². The fourth-order valence-corrected chi connectivity index (χ4v) is 8.85. The fourth-order valence-electron chi connectivity index (χ4n) is 8.85. The SMILES string of the molecule is CC1(C)c2cc3c(cc2-c2c1ccc1ccccc21)c1ccccc1n3-c1cccc2cccc(-c3nc(-c4ccccc4)nc(-c4ccccc4)n3)c12. The molecule has 2 heterocycles. The molecule has 0 unspecified atom stereocenters. The highest BCUT2D eigenvalue weighted by molar-refractivity contribution is 6.15. The number of benzene rings is 8. The van der Waals surface area contributed by atoms with Crippen LogP contribution in [0.4, 0.5) is 0 Å². The van der Waals surface area contributed by atoms with E-state index < -0.39 is 0 Å². The first-order chi connectivity index (χ1) is 26.5. The molecule has 0 fully saturated rings. The lowest BCUT2D eigenvalue weighted by Gasteiger charge is -2.22. The monoisotopic (exact) mass is 690 g/mol. The molecular formula is C50H34N4. The maximum atomic E-state index is 5.18. The number of aromatic nitrogens is 4. The number of rotatable bonds is 4. The summed E-state index contributed by atoms with van der Waals surface area (Å²) in [5.41, 5.74) is 11.6. The zero-order chi connectivity index (χ0) is 36.0. The first-order valence-corrected chi connectivity index (χ1v) is 18.5. The Labute approximate surface area is 313 Å². The molecule has 2 aromatic heterocycles. The smallest absolute Gasteiger partial charge is 0.164 e. The Morgan fingerprint density at radius 1 is 0.426 bits per heavy atom. The molecule has 54 heavy (non-hydrogen) atoms. The second-order valence-electron chi connectivity index (χ2n) is 14.8. The van der Waals surface area contributed by atoms with Gasteiger partial charge in [-0.3, -0.25) is 0 Å². The van der Waals surface area contributed by atoms with Gasteiger partial charge in [0.15, 0.2) is 17.5 Å². The summed E-state index contributed by atoms with van der Waals surface area (Å²) in [6, 6.07) is 60.6. The third kappa shape index (κ3) is 4.47. The van der Waals surface area contributed by atoms with E-state index in [0.717, 1.165) is 33.2 Å². The van der Waals surface area contributed by atoms with Gasteiger partial charge in [-0.25, -0.2) is 15.0 Å². The molecule has 0 aliphatic heterocycles. The molecule has 0 bridgehead atoms. The summed E-state index contributed by atoms with van der Waals surface area (Å²) in [4.78, 5) is 15.3. The van der Waals surface area contributed by atoms with Gasteiger partial charge in [0.25, 0.3) is 0 Å². The van der Waals surface area contributed by atoms with E-state index in [1.165, 1.54) is 54.8 Å². The van der Waals surface area contributed by atoms with E-state index in [-0.39, 0.29) is 5.41 Å². The molecular weight excluding hydrogens is 657 g/mol. The van der Waals surface area contributed by atoms with Crippen molar-refractivity contribution in [3.63, 3.8) is 0 Å². The van der Waals surface area contributed by atoms with Gasteiger partial charge >= 0.3 is 0 Å². The molecule has 0 amide bonds. The first-order valence-electron chi connectivity index (χ1n) is 18.5. The van der Waals surface area contributed by atoms with Gasteiger partial charge in [-0.1, -0.05) is 159 Å². The van der Waals surface area contributed by atoms with Crippen LogP contribution >= 0.6 is 0 Å². The van der Waals surface area contributed by atoms with Crippen LogP contribution in [0.1, 0.15) is 25.0 Å². The second kappa shape index (κ2) is 11.5. The van der Waals surface area contributed by atoms with Gasteiger partial charge in [0.05, 0.1) is 16.7 Å². The number of hydrogen-bond donors (Lipinski definition) is 0. The lowest BCUT2D eigenvalue weighted by molar-refractivity contribution is 0.661. The highest BCUT2D eigenvalue weighted by atomic mass is 15.0. The summed E-state index contributed by atoms with van der Waals surface area (Å²) in [6.07, 6.45) is 0. The van der Waals surface area contributed by atoms with Gasteiger partial charge in [-0.15, -0.1) is 0 Å². The van der Waals surface area contributed by atoms with Gasteiger partial charge in [-0.05, 0) is 62.7 Å². The Hall–Kier alpha value is -6.91. The van der Waals surface area contributed by atoms with Crippen molar-refractivity contribution >= 4 is 43.4 Å². The number of fused-ring (bicyclic) bond motifs is 9. The van der Waals surface area contributed by atoms with Crippen LogP contribution in [0.2, 0.25) is 0 Å². The zero-order valence-electron chi connectivity index (χ0n) is 30.0. The molecule has 8 aromatic carbocycles. The maximum Gasteiger partial charge on any atom is 0.164 e. The van der Waals surface area contributed by atoms with E-state index >= 15 is 0 Å². The minimum atomic E-state index is -0.166. The van der Waals surface area contributed by atoms with Crippen LogP contribution in [0.15, 0.2) is 170 Å². The summed E-state index contributed by atoms with van der Waals surface area (Å²) >= 11 is 0. The summed E-state index contributed by atoms with van der Waals surface area (Å²) in [6.45, 7) is 4.74. The molecule has 11 rings (SSSR count). The molecule has 0 saturated heterocycles. The molecule has 1 aliphatic carbocycles. The van der Waals surface area contributed by atoms with Crippen LogP contribution in [-0.4, -0.2) is 19.5 Å². The van der Waals surface area contributed by atoms with E-state index in [9.17, 15) is 0 Å². The van der Waals surface area contributed by atoms with Gasteiger partial charge in [0.2, 0.25) is 0 Å². The van der Waals surface area contributed by atoms with Crippen LogP contribution in [0.25, 0.3) is 94.3 Å². The van der Waals surface area contributed by atoms with Gasteiger partial charge in [0, 0.05) is 38.3 Å². The van der Waals surface area contributed by atoms with Gasteiger partial charge in [-0.2, -0.15) is 0 Å². The van der Waals surface area contributed by atoms with Crippen molar-refractivity contribution in [2.24, 2.45) is 0 Å². The van der Waals surface area contributed by atoms with Crippen molar-refractivity contribution in [1.82, 2.24) is 19.5 Å². The topological polar surface area (TPSA) is 43.6 Å². The van der Waals surface area contributed by atoms with E-state index in [2.05, 4.69) is 152 Å². The van der Waals surface area contributed by atoms with Crippen molar-refractivity contribution in [3.05, 3.63) is 181 Å². The highest BCUT2D eigenvalue weighted by Gasteiger charge is 2.37. The van der Waals surface area contributed by atoms with Crippen molar-refractivity contribution in [1.29, 1.82) is 0 Å². The standard InChI is InChI=1S/C50H34N4/c1-50(2)40-28-27-31-15-9-10-22-35(31)46(40)39-29-38-36-23-11-12-25-42(36)54(44(38)30-41(39)50)43-26-14-21-32-20-13-24-37(45(32)43)49-52-47(33-16-5-3-6-17-33)51-48(53-49)34-18-7-4-8-19-34/h3-30H,1-2H3. The van der Waals surface area contributed by atoms with Crippen molar-refractivity contribution in [3.8, 4) is 51.0 Å². The molecule has 0 spiro atoms. The van der Waals surface area contributed by atoms with E-state index in [0.29, 0.717) is 17.5 Å². The van der Waals surface area contributed by atoms with Crippen molar-refractivity contribution in [2.75, 3.05) is 0 Å². The van der Waals surface area contributed by atoms with Gasteiger partial charge < -0.3 is 4.57 Å². The molecule has 0 radical (unpaired) electrons. The van der Waals surface area contributed by atoms with E-state index in [1.807, 2.05) is 36.4 Å². The maximum absolute atomic E-state index is 5.18. The first kappa shape index (κ1) is 30.7. The normalized spacial score (nSPS) is 13.1. The van der Waals surface area contributed by atoms with Crippen LogP contribution in [0.5, 0.6) is 0 Å². The van der Waals surface area contributed by atoms with E-state index in [1.54, 1.807) is 0 Å². The molecule has 0 N–H and O–H groups in total. The Morgan fingerprint density at radius 2 is 1.04 bits per heavy atom. The summed E-state index contributed by atoms with van der Waals surface area (Å²) in [7, 11) is 0. The zero-order valence-corrected chi connectivity index (χ0v) is 30.0. The molecule has 4 nitrogen and oxygen atoms in total. The Morgan fingerprint density at radius 3 is 1.78 bits per heavy atom. The lowest BCUT2D eigenvalue weighted by Crippen LogP contribution is -2.15. The third-order valence-corrected chi connectivity index (χ3v) is 11.4. The molecule has 0 atom stereocenters. The quantitative estimate of drug-likeness (QED) is 0.185. The molecule has 1 aliphatic rings. The highest BCUT2D eigenvalue weighted by Crippen LogP contribution is 2.53. The Kier molecular flexibility index (Phi) is 6.56. The predicted octanol–water partition coefficient (Wildman–Crippen LogP) is 12.6. The Balaban J connectivity index is 1.21. The minimum Gasteiger partial charge on any atom is -0.309 e. The minimum absolute atomic E-state index is 0.166.